The van der Waals surface area contributed by atoms with Crippen molar-refractivity contribution in [3.05, 3.63) is 102 Å². The van der Waals surface area contributed by atoms with Crippen molar-refractivity contribution in [3.63, 3.8) is 0 Å². The molecule has 1 aliphatic rings. The summed E-state index contributed by atoms with van der Waals surface area (Å²) in [4.78, 5) is 14.8. The van der Waals surface area contributed by atoms with Crippen LogP contribution in [0.5, 0.6) is 5.75 Å². The van der Waals surface area contributed by atoms with Crippen molar-refractivity contribution in [2.75, 3.05) is 12.9 Å². The maximum absolute atomic E-state index is 13.6. The predicted octanol–water partition coefficient (Wildman–Crippen LogP) is 5.57. The molecule has 5 nitrogen and oxygen atoms in total. The molecule has 1 atom stereocenters. The summed E-state index contributed by atoms with van der Waals surface area (Å²) in [5, 5.41) is 8.08. The van der Waals surface area contributed by atoms with Crippen LogP contribution in [0.15, 0.2) is 90.0 Å². The lowest BCUT2D eigenvalue weighted by molar-refractivity contribution is 0.0935. The van der Waals surface area contributed by atoms with Crippen LogP contribution < -0.4 is 10.1 Å². The second kappa shape index (κ2) is 9.55. The highest BCUT2D eigenvalue weighted by atomic mass is 32.2. The fraction of sp³-hybridized carbons (Fsp3) is 0.185. The van der Waals surface area contributed by atoms with E-state index in [2.05, 4.69) is 29.6 Å². The molecule has 2 heterocycles. The van der Waals surface area contributed by atoms with Crippen molar-refractivity contribution < 1.29 is 9.53 Å². The lowest BCUT2D eigenvalue weighted by atomic mass is 10.0. The zero-order chi connectivity index (χ0) is 22.6. The van der Waals surface area contributed by atoms with Crippen molar-refractivity contribution in [3.8, 4) is 17.0 Å². The number of nitrogens with one attached hydrogen (secondary N) is 1. The zero-order valence-corrected chi connectivity index (χ0v) is 19.2. The van der Waals surface area contributed by atoms with E-state index in [1.807, 2.05) is 77.2 Å². The van der Waals surface area contributed by atoms with E-state index in [4.69, 9.17) is 9.84 Å². The van der Waals surface area contributed by atoms with Gasteiger partial charge in [0.15, 0.2) is 0 Å². The van der Waals surface area contributed by atoms with E-state index in [-0.39, 0.29) is 11.9 Å². The molecule has 4 aromatic rings. The fourth-order valence-corrected chi connectivity index (χ4v) is 5.33. The molecule has 0 radical (unpaired) electrons. The average molecular weight is 456 g/mol. The number of rotatable bonds is 6. The van der Waals surface area contributed by atoms with Crippen LogP contribution >= 0.6 is 11.8 Å². The number of amides is 1. The Hall–Kier alpha value is -3.51. The number of hydrogen-bond acceptors (Lipinski definition) is 4. The molecule has 6 heteroatoms. The van der Waals surface area contributed by atoms with Crippen LogP contribution in [-0.2, 0) is 6.54 Å². The second-order valence-corrected chi connectivity index (χ2v) is 9.11. The average Bonchev–Trinajstić information content (AvgIpc) is 3.28. The van der Waals surface area contributed by atoms with Gasteiger partial charge in [-0.25, -0.2) is 0 Å². The van der Waals surface area contributed by atoms with Crippen LogP contribution in [0.25, 0.3) is 11.3 Å². The van der Waals surface area contributed by atoms with Gasteiger partial charge in [0.2, 0.25) is 0 Å². The first kappa shape index (κ1) is 21.3. The lowest BCUT2D eigenvalue weighted by Gasteiger charge is -2.25. The second-order valence-electron chi connectivity index (χ2n) is 7.98. The Kier molecular flexibility index (Phi) is 6.17. The van der Waals surface area contributed by atoms with Crippen molar-refractivity contribution in [2.24, 2.45) is 0 Å². The molecule has 166 valence electrons. The molecule has 0 aliphatic carbocycles. The van der Waals surface area contributed by atoms with Crippen molar-refractivity contribution in [2.45, 2.75) is 23.9 Å². The van der Waals surface area contributed by atoms with E-state index in [0.717, 1.165) is 23.3 Å². The summed E-state index contributed by atoms with van der Waals surface area (Å²) in [7, 11) is 1.64. The molecule has 5 rings (SSSR count). The Morgan fingerprint density at radius 2 is 1.82 bits per heavy atom. The number of carbonyl (C=O) groups excluding carboxylic acids is 1. The number of aromatic nitrogens is 2. The summed E-state index contributed by atoms with van der Waals surface area (Å²) in [6, 6.07) is 26.1. The van der Waals surface area contributed by atoms with Crippen molar-refractivity contribution in [1.29, 1.82) is 0 Å². The van der Waals surface area contributed by atoms with Gasteiger partial charge in [-0.15, -0.1) is 11.8 Å². The number of methoxy groups -OCH3 is 1. The van der Waals surface area contributed by atoms with Crippen LogP contribution in [0.4, 0.5) is 0 Å². The van der Waals surface area contributed by atoms with Crippen LogP contribution in [-0.4, -0.2) is 28.6 Å². The molecule has 1 amide bonds. The molecular formula is C27H25N3O2S. The summed E-state index contributed by atoms with van der Waals surface area (Å²) >= 11 is 1.84. The molecule has 1 N–H and O–H groups in total. The van der Waals surface area contributed by atoms with Crippen molar-refractivity contribution in [1.82, 2.24) is 15.1 Å². The minimum Gasteiger partial charge on any atom is -0.496 e. The molecule has 33 heavy (non-hydrogen) atoms. The quantitative estimate of drug-likeness (QED) is 0.413. The summed E-state index contributed by atoms with van der Waals surface area (Å²) in [6.45, 7) is 0.583. The maximum atomic E-state index is 13.6. The first-order valence-corrected chi connectivity index (χ1v) is 12.0. The van der Waals surface area contributed by atoms with Gasteiger partial charge in [0, 0.05) is 22.4 Å². The first-order valence-electron chi connectivity index (χ1n) is 11.0. The minimum absolute atomic E-state index is 0.0158. The molecule has 0 saturated carbocycles. The third-order valence-electron chi connectivity index (χ3n) is 5.82. The monoisotopic (exact) mass is 455 g/mol. The third-order valence-corrected chi connectivity index (χ3v) is 6.94. The van der Waals surface area contributed by atoms with Crippen LogP contribution in [0.1, 0.15) is 33.9 Å². The van der Waals surface area contributed by atoms with Crippen LogP contribution in [0.3, 0.4) is 0 Å². The van der Waals surface area contributed by atoms with Gasteiger partial charge in [-0.2, -0.15) is 5.10 Å². The number of ether oxygens (including phenoxy) is 1. The molecule has 1 aromatic heterocycles. The van der Waals surface area contributed by atoms with Gasteiger partial charge < -0.3 is 10.1 Å². The molecule has 1 aliphatic heterocycles. The van der Waals surface area contributed by atoms with E-state index in [9.17, 15) is 4.79 Å². The Bertz CT molecular complexity index is 1270. The van der Waals surface area contributed by atoms with Crippen LogP contribution in [0.2, 0.25) is 0 Å². The van der Waals surface area contributed by atoms with E-state index < -0.39 is 0 Å². The smallest absolute Gasteiger partial charge is 0.255 e. The highest BCUT2D eigenvalue weighted by Crippen LogP contribution is 2.37. The first-order chi connectivity index (χ1) is 16.2. The van der Waals surface area contributed by atoms with E-state index in [0.29, 0.717) is 23.6 Å². The van der Waals surface area contributed by atoms with E-state index in [1.165, 1.54) is 10.5 Å². The van der Waals surface area contributed by atoms with Gasteiger partial charge in [-0.3, -0.25) is 9.48 Å². The number of benzene rings is 3. The molecule has 0 spiro atoms. The Morgan fingerprint density at radius 3 is 2.67 bits per heavy atom. The molecule has 1 unspecified atom stereocenters. The number of thioether (sulfide) groups is 1. The normalized spacial score (nSPS) is 15.0. The Balaban J connectivity index is 1.51. The largest absolute Gasteiger partial charge is 0.496 e. The third kappa shape index (κ3) is 4.52. The topological polar surface area (TPSA) is 56.2 Å². The number of fused-ring (bicyclic) bond motifs is 1. The molecular weight excluding hydrogens is 430 g/mol. The molecule has 0 fully saturated rings. The standard InChI is InChI=1S/C27H25N3O2S/c1-32-24-13-7-5-12-21(24)26-22(18-30(29-26)17-19-9-3-2-4-10-19)27(31)28-23-15-16-33-25-14-8-6-11-20(23)25/h2-14,18,23H,15-17H2,1H3,(H,28,31). The molecule has 3 aromatic carbocycles. The summed E-state index contributed by atoms with van der Waals surface area (Å²) in [6.07, 6.45) is 2.74. The van der Waals surface area contributed by atoms with Gasteiger partial charge in [0.25, 0.3) is 5.91 Å². The Labute approximate surface area is 197 Å². The summed E-state index contributed by atoms with van der Waals surface area (Å²) in [5.74, 6) is 1.55. The Morgan fingerprint density at radius 1 is 1.06 bits per heavy atom. The lowest BCUT2D eigenvalue weighted by Crippen LogP contribution is -2.30. The number of hydrogen-bond donors (Lipinski definition) is 1. The number of para-hydroxylation sites is 1. The van der Waals surface area contributed by atoms with Gasteiger partial charge in [-0.05, 0) is 35.7 Å². The summed E-state index contributed by atoms with van der Waals surface area (Å²) in [5.41, 5.74) is 4.27. The van der Waals surface area contributed by atoms with Gasteiger partial charge >= 0.3 is 0 Å². The maximum Gasteiger partial charge on any atom is 0.255 e. The summed E-state index contributed by atoms with van der Waals surface area (Å²) < 4.78 is 7.40. The minimum atomic E-state index is -0.123. The fourth-order valence-electron chi connectivity index (χ4n) is 4.21. The highest BCUT2D eigenvalue weighted by Gasteiger charge is 2.26. The number of carbonyl (C=O) groups is 1. The number of nitrogens with zero attached hydrogens (tertiary/aromatic N) is 2. The molecule has 0 saturated heterocycles. The van der Waals surface area contributed by atoms with Gasteiger partial charge in [0.05, 0.1) is 25.3 Å². The van der Waals surface area contributed by atoms with Crippen LogP contribution in [0, 0.1) is 0 Å². The zero-order valence-electron chi connectivity index (χ0n) is 18.4. The highest BCUT2D eigenvalue weighted by molar-refractivity contribution is 7.99. The van der Waals surface area contributed by atoms with E-state index >= 15 is 0 Å². The SMILES string of the molecule is COc1ccccc1-c1nn(Cc2ccccc2)cc1C(=O)NC1CCSc2ccccc21. The molecule has 0 bridgehead atoms. The van der Waals surface area contributed by atoms with E-state index in [1.54, 1.807) is 7.11 Å². The predicted molar refractivity (Wildman–Crippen MR) is 132 cm³/mol. The van der Waals surface area contributed by atoms with Crippen molar-refractivity contribution >= 4 is 17.7 Å². The van der Waals surface area contributed by atoms with Gasteiger partial charge in [-0.1, -0.05) is 60.7 Å². The van der Waals surface area contributed by atoms with Gasteiger partial charge in [0.1, 0.15) is 11.4 Å².